The second-order valence-electron chi connectivity index (χ2n) is 9.96. The van der Waals surface area contributed by atoms with Crippen LogP contribution in [0.4, 0.5) is 22.0 Å². The summed E-state index contributed by atoms with van der Waals surface area (Å²) in [4.78, 5) is 33.8. The van der Waals surface area contributed by atoms with Crippen molar-refractivity contribution >= 4 is 11.8 Å². The van der Waals surface area contributed by atoms with Crippen LogP contribution in [-0.4, -0.2) is 56.2 Å². The average Bonchev–Trinajstić information content (AvgIpc) is 3.22. The van der Waals surface area contributed by atoms with Gasteiger partial charge < -0.3 is 20.1 Å². The molecular formula is C27H26F5N5O2. The second-order valence-corrected chi connectivity index (χ2v) is 9.96. The molecule has 2 aliphatic heterocycles. The number of para-hydroxylation sites is 1. The van der Waals surface area contributed by atoms with E-state index in [-0.39, 0.29) is 50.3 Å². The Morgan fingerprint density at radius 1 is 0.974 bits per heavy atom. The molecule has 0 radical (unpaired) electrons. The number of likely N-dealkylation sites (tertiary alicyclic amines) is 1. The zero-order chi connectivity index (χ0) is 27.9. The van der Waals surface area contributed by atoms with Crippen molar-refractivity contribution in [3.8, 4) is 5.69 Å². The van der Waals surface area contributed by atoms with E-state index < -0.39 is 54.1 Å². The van der Waals surface area contributed by atoms with E-state index in [2.05, 4.69) is 4.98 Å². The van der Waals surface area contributed by atoms with E-state index in [1.165, 1.54) is 16.1 Å². The maximum atomic E-state index is 14.1. The van der Waals surface area contributed by atoms with Crippen LogP contribution in [0.5, 0.6) is 0 Å². The van der Waals surface area contributed by atoms with Gasteiger partial charge in [-0.1, -0.05) is 18.2 Å². The number of aromatic nitrogens is 2. The lowest BCUT2D eigenvalue weighted by molar-refractivity contribution is -0.132. The molecule has 0 aliphatic carbocycles. The summed E-state index contributed by atoms with van der Waals surface area (Å²) in [5.41, 5.74) is 7.95. The molecule has 12 heteroatoms. The van der Waals surface area contributed by atoms with Crippen LogP contribution in [0.15, 0.2) is 42.7 Å². The summed E-state index contributed by atoms with van der Waals surface area (Å²) in [7, 11) is 0. The number of piperidine rings is 1. The average molecular weight is 548 g/mol. The number of amides is 2. The zero-order valence-electron chi connectivity index (χ0n) is 20.8. The van der Waals surface area contributed by atoms with Gasteiger partial charge in [0.15, 0.2) is 17.3 Å². The lowest BCUT2D eigenvalue weighted by atomic mass is 10.0. The molecule has 2 aliphatic rings. The number of benzene rings is 2. The third-order valence-electron chi connectivity index (χ3n) is 7.17. The highest BCUT2D eigenvalue weighted by atomic mass is 19.3. The number of carbonyl (C=O) groups excluding carboxylic acids is 2. The number of hydrogen-bond acceptors (Lipinski definition) is 4. The van der Waals surface area contributed by atoms with Gasteiger partial charge in [-0.2, -0.15) is 0 Å². The largest absolute Gasteiger partial charge is 0.337 e. The van der Waals surface area contributed by atoms with Gasteiger partial charge in [0, 0.05) is 51.0 Å². The van der Waals surface area contributed by atoms with Gasteiger partial charge in [0.2, 0.25) is 5.91 Å². The van der Waals surface area contributed by atoms with Gasteiger partial charge >= 0.3 is 0 Å². The molecule has 0 spiro atoms. The molecule has 5 rings (SSSR count). The fourth-order valence-electron chi connectivity index (χ4n) is 5.02. The van der Waals surface area contributed by atoms with E-state index in [9.17, 15) is 31.5 Å². The first-order valence-electron chi connectivity index (χ1n) is 12.5. The van der Waals surface area contributed by atoms with Gasteiger partial charge in [-0.3, -0.25) is 9.59 Å². The van der Waals surface area contributed by atoms with Gasteiger partial charge in [-0.25, -0.2) is 26.9 Å². The number of fused-ring (bicyclic) bond motifs is 3. The molecule has 1 atom stereocenters. The molecule has 3 aromatic rings. The van der Waals surface area contributed by atoms with Crippen molar-refractivity contribution in [1.29, 1.82) is 0 Å². The van der Waals surface area contributed by atoms with Gasteiger partial charge in [0.05, 0.1) is 17.9 Å². The van der Waals surface area contributed by atoms with Crippen LogP contribution in [0.2, 0.25) is 0 Å². The summed E-state index contributed by atoms with van der Waals surface area (Å²) in [6, 6.07) is 7.54. The van der Waals surface area contributed by atoms with Crippen molar-refractivity contribution in [2.75, 3.05) is 13.1 Å². The van der Waals surface area contributed by atoms with Crippen molar-refractivity contribution in [2.45, 2.75) is 50.7 Å². The normalized spacial score (nSPS) is 17.3. The molecule has 2 N–H and O–H groups in total. The highest BCUT2D eigenvalue weighted by Gasteiger charge is 2.37. The smallest absolute Gasteiger partial charge is 0.274 e. The minimum Gasteiger partial charge on any atom is -0.337 e. The number of nitrogens with zero attached hydrogens (tertiary/aromatic N) is 4. The molecule has 0 bridgehead atoms. The van der Waals surface area contributed by atoms with E-state index in [4.69, 9.17) is 5.73 Å². The molecule has 0 saturated carbocycles. The van der Waals surface area contributed by atoms with Crippen molar-refractivity contribution in [3.05, 3.63) is 82.7 Å². The van der Waals surface area contributed by atoms with E-state index in [0.29, 0.717) is 17.4 Å². The molecule has 1 unspecified atom stereocenters. The molecule has 7 nitrogen and oxygen atoms in total. The van der Waals surface area contributed by atoms with Crippen LogP contribution >= 0.6 is 0 Å². The zero-order valence-corrected chi connectivity index (χ0v) is 20.8. The predicted octanol–water partition coefficient (Wildman–Crippen LogP) is 3.96. The van der Waals surface area contributed by atoms with Crippen LogP contribution < -0.4 is 5.73 Å². The summed E-state index contributed by atoms with van der Waals surface area (Å²) < 4.78 is 70.0. The highest BCUT2D eigenvalue weighted by molar-refractivity contribution is 5.94. The fourth-order valence-corrected chi connectivity index (χ4v) is 5.02. The molecule has 39 heavy (non-hydrogen) atoms. The number of carbonyl (C=O) groups is 2. The molecule has 2 amide bonds. The summed E-state index contributed by atoms with van der Waals surface area (Å²) >= 11 is 0. The number of hydrogen-bond donors (Lipinski definition) is 1. The number of halogens is 5. The minimum absolute atomic E-state index is 0.00908. The molecule has 206 valence electrons. The van der Waals surface area contributed by atoms with Crippen LogP contribution in [-0.2, 0) is 24.3 Å². The maximum absolute atomic E-state index is 14.1. The molecule has 3 heterocycles. The van der Waals surface area contributed by atoms with Crippen molar-refractivity contribution in [2.24, 2.45) is 5.73 Å². The van der Waals surface area contributed by atoms with E-state index >= 15 is 0 Å². The number of imidazole rings is 1. The summed E-state index contributed by atoms with van der Waals surface area (Å²) in [5.74, 6) is -7.18. The first-order chi connectivity index (χ1) is 18.5. The first kappa shape index (κ1) is 26.8. The molecule has 2 aromatic carbocycles. The Kier molecular flexibility index (Phi) is 7.15. The Bertz CT molecular complexity index is 1420. The fraction of sp³-hybridized carbons (Fsp3) is 0.370. The Hall–Kier alpha value is -3.80. The van der Waals surface area contributed by atoms with Crippen molar-refractivity contribution in [1.82, 2.24) is 19.4 Å². The third-order valence-corrected chi connectivity index (χ3v) is 7.17. The Morgan fingerprint density at radius 3 is 2.41 bits per heavy atom. The molecule has 1 fully saturated rings. The number of nitrogens with two attached hydrogens (primary N) is 1. The van der Waals surface area contributed by atoms with Gasteiger partial charge in [0.1, 0.15) is 12.1 Å². The molecule has 1 saturated heterocycles. The van der Waals surface area contributed by atoms with Crippen molar-refractivity contribution in [3.63, 3.8) is 0 Å². The quantitative estimate of drug-likeness (QED) is 0.387. The van der Waals surface area contributed by atoms with E-state index in [0.717, 1.165) is 11.6 Å². The predicted molar refractivity (Wildman–Crippen MR) is 131 cm³/mol. The van der Waals surface area contributed by atoms with E-state index in [1.54, 1.807) is 16.7 Å². The highest BCUT2D eigenvalue weighted by Crippen LogP contribution is 2.31. The Balaban J connectivity index is 1.38. The maximum Gasteiger partial charge on any atom is 0.274 e. The first-order valence-corrected chi connectivity index (χ1v) is 12.5. The van der Waals surface area contributed by atoms with Crippen LogP contribution in [0, 0.1) is 17.5 Å². The Morgan fingerprint density at radius 2 is 1.67 bits per heavy atom. The summed E-state index contributed by atoms with van der Waals surface area (Å²) in [6.07, 6.45) is 0.197. The Labute approximate surface area is 221 Å². The SMILES string of the molecule is NC(CC(=O)N1Cc2ccccc2-n2cnc(C(=O)N3CCC(F)(F)CC3)c2C1)Cc1cc(F)c(F)cc1F. The lowest BCUT2D eigenvalue weighted by Crippen LogP contribution is -2.43. The molecular weight excluding hydrogens is 521 g/mol. The van der Waals surface area contributed by atoms with Crippen LogP contribution in [0.3, 0.4) is 0 Å². The topological polar surface area (TPSA) is 84.5 Å². The third kappa shape index (κ3) is 5.51. The standard InChI is InChI=1S/C27H26F5N5O2/c28-19-12-21(30)20(29)10-17(19)9-18(33)11-24(38)36-13-16-3-1-2-4-22(16)37-15-34-25(23(37)14-36)26(39)35-7-5-27(31,32)6-8-35/h1-4,10,12,15,18H,5-9,11,13-14,33H2. The summed E-state index contributed by atoms with van der Waals surface area (Å²) in [6.45, 7) is -0.0309. The minimum atomic E-state index is -2.81. The van der Waals surface area contributed by atoms with Gasteiger partial charge in [-0.15, -0.1) is 0 Å². The van der Waals surface area contributed by atoms with Crippen LogP contribution in [0.25, 0.3) is 5.69 Å². The number of rotatable bonds is 5. The molecule has 1 aromatic heterocycles. The summed E-state index contributed by atoms with van der Waals surface area (Å²) in [5, 5.41) is 0. The number of alkyl halides is 2. The van der Waals surface area contributed by atoms with Gasteiger partial charge in [0.25, 0.3) is 11.8 Å². The second kappa shape index (κ2) is 10.4. The van der Waals surface area contributed by atoms with Crippen molar-refractivity contribution < 1.29 is 31.5 Å². The van der Waals surface area contributed by atoms with Gasteiger partial charge in [-0.05, 0) is 29.7 Å². The van der Waals surface area contributed by atoms with E-state index in [1.807, 2.05) is 12.1 Å². The monoisotopic (exact) mass is 547 g/mol. The lowest BCUT2D eigenvalue weighted by Gasteiger charge is -2.31. The van der Waals surface area contributed by atoms with Crippen LogP contribution in [0.1, 0.15) is 46.6 Å².